The van der Waals surface area contributed by atoms with Crippen LogP contribution in [0.15, 0.2) is 53.3 Å². The molecule has 1 saturated heterocycles. The molecule has 32 heavy (non-hydrogen) atoms. The van der Waals surface area contributed by atoms with Crippen molar-refractivity contribution in [3.8, 4) is 0 Å². The molecule has 0 radical (unpaired) electrons. The van der Waals surface area contributed by atoms with E-state index in [9.17, 15) is 24.5 Å². The summed E-state index contributed by atoms with van der Waals surface area (Å²) >= 11 is 0. The van der Waals surface area contributed by atoms with Gasteiger partial charge in [-0.05, 0) is 37.1 Å². The highest BCUT2D eigenvalue weighted by atomic mass is 16.6. The lowest BCUT2D eigenvalue weighted by Gasteiger charge is -2.32. The number of amides is 2. The minimum absolute atomic E-state index is 0.0320. The lowest BCUT2D eigenvalue weighted by molar-refractivity contribution is -0.384. The topological polar surface area (TPSA) is 130 Å². The number of non-ortho nitro benzene ring substituents is 1. The molecule has 10 nitrogen and oxygen atoms in total. The van der Waals surface area contributed by atoms with Crippen LogP contribution in [-0.4, -0.2) is 50.8 Å². The third-order valence-electron chi connectivity index (χ3n) is 5.77. The Labute approximate surface area is 183 Å². The lowest BCUT2D eigenvalue weighted by Crippen LogP contribution is -2.41. The van der Waals surface area contributed by atoms with Crippen molar-refractivity contribution < 1.29 is 14.5 Å². The summed E-state index contributed by atoms with van der Waals surface area (Å²) in [6.45, 7) is 1.27. The first-order chi connectivity index (χ1) is 15.4. The molecule has 166 valence electrons. The zero-order valence-corrected chi connectivity index (χ0v) is 17.3. The van der Waals surface area contributed by atoms with E-state index in [1.807, 2.05) is 24.3 Å². The van der Waals surface area contributed by atoms with Gasteiger partial charge in [0.05, 0.1) is 16.0 Å². The van der Waals surface area contributed by atoms with E-state index in [0.29, 0.717) is 31.5 Å². The molecule has 0 spiro atoms. The van der Waals surface area contributed by atoms with Crippen LogP contribution in [0.5, 0.6) is 0 Å². The van der Waals surface area contributed by atoms with Crippen molar-refractivity contribution in [2.75, 3.05) is 19.6 Å². The number of para-hydroxylation sites is 2. The molecule has 0 saturated carbocycles. The molecule has 0 aliphatic carbocycles. The maximum absolute atomic E-state index is 12.5. The van der Waals surface area contributed by atoms with E-state index in [-0.39, 0.29) is 42.2 Å². The van der Waals surface area contributed by atoms with E-state index in [2.05, 4.69) is 10.3 Å². The number of nitro benzene ring substituents is 1. The van der Waals surface area contributed by atoms with Crippen LogP contribution in [0.2, 0.25) is 0 Å². The van der Waals surface area contributed by atoms with E-state index in [1.54, 1.807) is 9.47 Å². The predicted molar refractivity (Wildman–Crippen MR) is 117 cm³/mol. The number of fused-ring (bicyclic) bond motifs is 1. The second kappa shape index (κ2) is 9.04. The lowest BCUT2D eigenvalue weighted by atomic mass is 10.0. The zero-order valence-electron chi connectivity index (χ0n) is 17.3. The van der Waals surface area contributed by atoms with Crippen LogP contribution >= 0.6 is 0 Å². The summed E-state index contributed by atoms with van der Waals surface area (Å²) in [5.41, 5.74) is 1.75. The van der Waals surface area contributed by atoms with Crippen LogP contribution in [0, 0.1) is 10.1 Å². The monoisotopic (exact) mass is 437 g/mol. The number of rotatable bonds is 6. The first-order valence-electron chi connectivity index (χ1n) is 10.4. The van der Waals surface area contributed by atoms with Gasteiger partial charge in [0, 0.05) is 49.8 Å². The molecule has 2 N–H and O–H groups in total. The van der Waals surface area contributed by atoms with Crippen LogP contribution in [0.4, 0.5) is 5.69 Å². The highest BCUT2D eigenvalue weighted by Gasteiger charge is 2.25. The van der Waals surface area contributed by atoms with E-state index in [1.165, 1.54) is 24.3 Å². The SMILES string of the molecule is O=C(NCCC(=O)N1CCC(n2c(=O)[nH]c3ccccc32)CC1)c1ccc([N+](=O)[O-])cc1. The number of imidazole rings is 1. The molecule has 0 bridgehead atoms. The fourth-order valence-corrected chi connectivity index (χ4v) is 4.09. The Bertz CT molecular complexity index is 1210. The summed E-state index contributed by atoms with van der Waals surface area (Å²) in [5.74, 6) is -0.441. The summed E-state index contributed by atoms with van der Waals surface area (Å²) in [6.07, 6.45) is 1.53. The fourth-order valence-electron chi connectivity index (χ4n) is 4.09. The number of carbonyl (C=O) groups is 2. The number of nitrogens with one attached hydrogen (secondary N) is 2. The van der Waals surface area contributed by atoms with Gasteiger partial charge in [0.15, 0.2) is 0 Å². The molecule has 1 aliphatic heterocycles. The first kappa shape index (κ1) is 21.3. The van der Waals surface area contributed by atoms with Gasteiger partial charge in [-0.1, -0.05) is 12.1 Å². The van der Waals surface area contributed by atoms with Crippen LogP contribution in [0.1, 0.15) is 35.7 Å². The second-order valence-corrected chi connectivity index (χ2v) is 7.74. The number of H-pyrrole nitrogens is 1. The third kappa shape index (κ3) is 4.39. The highest BCUT2D eigenvalue weighted by Crippen LogP contribution is 2.25. The summed E-state index contributed by atoms with van der Waals surface area (Å²) < 4.78 is 1.78. The van der Waals surface area contributed by atoms with Gasteiger partial charge < -0.3 is 15.2 Å². The number of aromatic nitrogens is 2. The Hall–Kier alpha value is -3.95. The van der Waals surface area contributed by atoms with Crippen LogP contribution in [0.25, 0.3) is 11.0 Å². The zero-order chi connectivity index (χ0) is 22.7. The minimum Gasteiger partial charge on any atom is -0.352 e. The number of carbonyl (C=O) groups excluding carboxylic acids is 2. The summed E-state index contributed by atoms with van der Waals surface area (Å²) in [7, 11) is 0. The van der Waals surface area contributed by atoms with Crippen molar-refractivity contribution in [2.24, 2.45) is 0 Å². The number of likely N-dealkylation sites (tertiary alicyclic amines) is 1. The summed E-state index contributed by atoms with van der Waals surface area (Å²) in [6, 6.07) is 12.9. The van der Waals surface area contributed by atoms with Gasteiger partial charge >= 0.3 is 5.69 Å². The molecule has 1 fully saturated rings. The average molecular weight is 437 g/mol. The van der Waals surface area contributed by atoms with E-state index < -0.39 is 4.92 Å². The Morgan fingerprint density at radius 1 is 1.09 bits per heavy atom. The normalized spacial score (nSPS) is 14.4. The van der Waals surface area contributed by atoms with Crippen molar-refractivity contribution in [1.82, 2.24) is 19.8 Å². The molecule has 0 atom stereocenters. The molecule has 4 rings (SSSR count). The molecular formula is C22H23N5O5. The number of aromatic amines is 1. The first-order valence-corrected chi connectivity index (χ1v) is 10.4. The van der Waals surface area contributed by atoms with Crippen molar-refractivity contribution in [1.29, 1.82) is 0 Å². The van der Waals surface area contributed by atoms with Crippen molar-refractivity contribution in [3.63, 3.8) is 0 Å². The number of benzene rings is 2. The van der Waals surface area contributed by atoms with Crippen LogP contribution in [-0.2, 0) is 4.79 Å². The fraction of sp³-hybridized carbons (Fsp3) is 0.318. The molecule has 0 unspecified atom stereocenters. The Balaban J connectivity index is 1.26. The maximum atomic E-state index is 12.5. The van der Waals surface area contributed by atoms with Gasteiger partial charge in [0.1, 0.15) is 0 Å². The van der Waals surface area contributed by atoms with Crippen molar-refractivity contribution in [2.45, 2.75) is 25.3 Å². The smallest absolute Gasteiger partial charge is 0.326 e. The number of hydrogen-bond acceptors (Lipinski definition) is 5. The van der Waals surface area contributed by atoms with E-state index in [4.69, 9.17) is 0 Å². The Kier molecular flexibility index (Phi) is 6.02. The molecule has 1 aromatic heterocycles. The van der Waals surface area contributed by atoms with E-state index >= 15 is 0 Å². The van der Waals surface area contributed by atoms with Crippen molar-refractivity contribution in [3.05, 3.63) is 74.7 Å². The quantitative estimate of drug-likeness (QED) is 0.451. The second-order valence-electron chi connectivity index (χ2n) is 7.74. The van der Waals surface area contributed by atoms with Gasteiger partial charge in [-0.25, -0.2) is 4.79 Å². The van der Waals surface area contributed by atoms with Gasteiger partial charge in [-0.15, -0.1) is 0 Å². The van der Waals surface area contributed by atoms with Gasteiger partial charge in [0.25, 0.3) is 11.6 Å². The number of piperidine rings is 1. The predicted octanol–water partition coefficient (Wildman–Crippen LogP) is 2.22. The largest absolute Gasteiger partial charge is 0.352 e. The molecule has 1 aliphatic rings. The van der Waals surface area contributed by atoms with Gasteiger partial charge in [-0.3, -0.25) is 24.3 Å². The molecule has 3 aromatic rings. The number of hydrogen-bond donors (Lipinski definition) is 2. The van der Waals surface area contributed by atoms with E-state index in [0.717, 1.165) is 11.0 Å². The third-order valence-corrected chi connectivity index (χ3v) is 5.77. The number of nitro groups is 1. The highest BCUT2D eigenvalue weighted by molar-refractivity contribution is 5.94. The molecule has 2 heterocycles. The minimum atomic E-state index is -0.529. The molecule has 2 amide bonds. The Morgan fingerprint density at radius 3 is 2.47 bits per heavy atom. The summed E-state index contributed by atoms with van der Waals surface area (Å²) in [5, 5.41) is 13.4. The molecule has 10 heteroatoms. The number of nitrogens with zero attached hydrogens (tertiary/aromatic N) is 3. The molecule has 2 aromatic carbocycles. The maximum Gasteiger partial charge on any atom is 0.326 e. The molecular weight excluding hydrogens is 414 g/mol. The van der Waals surface area contributed by atoms with Crippen LogP contribution < -0.4 is 11.0 Å². The van der Waals surface area contributed by atoms with Gasteiger partial charge in [0.2, 0.25) is 5.91 Å². The average Bonchev–Trinajstić information content (AvgIpc) is 3.14. The Morgan fingerprint density at radius 2 is 1.78 bits per heavy atom. The van der Waals surface area contributed by atoms with Gasteiger partial charge in [-0.2, -0.15) is 0 Å². The standard InChI is InChI=1S/C22H23N5O5/c28-20(9-12-23-21(29)15-5-7-17(8-6-15)27(31)32)25-13-10-16(11-14-25)26-19-4-2-1-3-18(19)24-22(26)30/h1-8,16H,9-14H2,(H,23,29)(H,24,30). The summed E-state index contributed by atoms with van der Waals surface area (Å²) in [4.78, 5) is 51.9. The van der Waals surface area contributed by atoms with Crippen molar-refractivity contribution >= 4 is 28.5 Å². The van der Waals surface area contributed by atoms with Crippen LogP contribution in [0.3, 0.4) is 0 Å².